The molecule has 1 saturated carbocycles. The second-order valence-electron chi connectivity index (χ2n) is 20.4. The standard InChI is InChI=1S/C54H81N3O11/c1-11-38-25-32(4)24-33(5)26-47(64-9)50-48(65-10)28-35(7)54(63,68-50)51(60)52(61)57-22-15-14-16-43(57)53(62)67-49(36(8)44(58)31-45(38)59)34(6)27-37-17-19-41(46(29-37)66-13-3)55-40-18-20-42-39(30-40)21-23-56(42)12-2/h18,20-21,23,25,27,30,33,35-38,41,43-44,46-50,55,58,63H,11-17,19,22,24,26,28-29,31H2,1-10H3. The zero-order valence-electron chi connectivity index (χ0n) is 42.4. The number of allylic oxidation sites excluding steroid dienone is 3. The number of carbonyl (C=O) groups excluding carboxylic acids is 4. The number of aryl methyl sites for hydroxylation is 1. The first-order valence-corrected chi connectivity index (χ1v) is 25.5. The van der Waals surface area contributed by atoms with E-state index in [0.29, 0.717) is 45.1 Å². The quantitative estimate of drug-likeness (QED) is 0.119. The monoisotopic (exact) mass is 948 g/mol. The average molecular weight is 948 g/mol. The van der Waals surface area contributed by atoms with Crippen LogP contribution in [0.15, 0.2) is 53.8 Å². The lowest BCUT2D eigenvalue weighted by atomic mass is 9.80. The van der Waals surface area contributed by atoms with E-state index < -0.39 is 77.8 Å². The van der Waals surface area contributed by atoms with Gasteiger partial charge in [0.2, 0.25) is 5.79 Å². The number of nitrogens with one attached hydrogen (secondary N) is 1. The number of Topliss-reactive ketones (excluding diaryl/α,β-unsaturated/α-hetero) is 2. The molecular weight excluding hydrogens is 867 g/mol. The Balaban J connectivity index is 1.30. The Morgan fingerprint density at radius 2 is 1.68 bits per heavy atom. The van der Waals surface area contributed by atoms with Crippen LogP contribution in [0.1, 0.15) is 126 Å². The van der Waals surface area contributed by atoms with Gasteiger partial charge in [-0.05, 0) is 134 Å². The number of hydrogen-bond acceptors (Lipinski definition) is 12. The fraction of sp³-hybridized carbons (Fsp3) is 0.704. The Morgan fingerprint density at radius 3 is 2.37 bits per heavy atom. The Hall–Kier alpha value is -3.92. The molecule has 3 aliphatic heterocycles. The van der Waals surface area contributed by atoms with Gasteiger partial charge in [0.1, 0.15) is 24.0 Å². The van der Waals surface area contributed by atoms with Gasteiger partial charge in [-0.25, -0.2) is 4.79 Å². The molecule has 14 heteroatoms. The molecule has 3 N–H and O–H groups in total. The van der Waals surface area contributed by atoms with Gasteiger partial charge in [0.05, 0.1) is 30.5 Å². The predicted molar refractivity (Wildman–Crippen MR) is 262 cm³/mol. The maximum Gasteiger partial charge on any atom is 0.329 e. The number of methoxy groups -OCH3 is 2. The summed E-state index contributed by atoms with van der Waals surface area (Å²) in [5.41, 5.74) is 3.96. The summed E-state index contributed by atoms with van der Waals surface area (Å²) in [5.74, 6) is -7.37. The van der Waals surface area contributed by atoms with E-state index in [4.69, 9.17) is 23.7 Å². The first-order chi connectivity index (χ1) is 32.5. The van der Waals surface area contributed by atoms with E-state index in [-0.39, 0.29) is 55.6 Å². The van der Waals surface area contributed by atoms with Crippen molar-refractivity contribution in [3.8, 4) is 0 Å². The van der Waals surface area contributed by atoms with Crippen LogP contribution in [0, 0.1) is 29.6 Å². The predicted octanol–water partition coefficient (Wildman–Crippen LogP) is 7.96. The average Bonchev–Trinajstić information content (AvgIpc) is 3.74. The lowest BCUT2D eigenvalue weighted by Crippen LogP contribution is -2.64. The highest BCUT2D eigenvalue weighted by Crippen LogP contribution is 2.40. The van der Waals surface area contributed by atoms with Crippen molar-refractivity contribution in [3.63, 3.8) is 0 Å². The first-order valence-electron chi connectivity index (χ1n) is 25.5. The molecule has 1 amide bonds. The molecule has 6 rings (SSSR count). The molecular formula is C54H81N3O11. The Morgan fingerprint density at radius 1 is 0.941 bits per heavy atom. The minimum atomic E-state index is -2.50. The van der Waals surface area contributed by atoms with Crippen LogP contribution in [0.5, 0.6) is 0 Å². The van der Waals surface area contributed by atoms with E-state index in [0.717, 1.165) is 36.2 Å². The summed E-state index contributed by atoms with van der Waals surface area (Å²) < 4.78 is 33.2. The number of anilines is 1. The Labute approximate surface area is 404 Å². The number of ether oxygens (including phenoxy) is 5. The topological polar surface area (TPSA) is 175 Å². The Bertz CT molecular complexity index is 2120. The lowest BCUT2D eigenvalue weighted by molar-refractivity contribution is -0.302. The number of amides is 1. The number of aliphatic hydroxyl groups excluding tert-OH is 1. The van der Waals surface area contributed by atoms with Crippen LogP contribution in [0.3, 0.4) is 0 Å². The number of carbonyl (C=O) groups is 4. The second kappa shape index (κ2) is 23.8. The molecule has 14 atom stereocenters. The fourth-order valence-electron chi connectivity index (χ4n) is 11.5. The summed E-state index contributed by atoms with van der Waals surface area (Å²) in [6.07, 6.45) is 7.46. The molecule has 0 spiro atoms. The number of hydrogen-bond donors (Lipinski definition) is 3. The van der Waals surface area contributed by atoms with E-state index in [1.54, 1.807) is 28.1 Å². The molecule has 1 aromatic heterocycles. The number of benzene rings is 1. The molecule has 1 aromatic carbocycles. The van der Waals surface area contributed by atoms with Gasteiger partial charge in [-0.15, -0.1) is 0 Å². The highest BCUT2D eigenvalue weighted by atomic mass is 16.7. The number of aromatic nitrogens is 1. The third kappa shape index (κ3) is 12.1. The van der Waals surface area contributed by atoms with Crippen molar-refractivity contribution < 1.29 is 53.1 Å². The molecule has 2 aromatic rings. The summed E-state index contributed by atoms with van der Waals surface area (Å²) in [7, 11) is 3.09. The minimum Gasteiger partial charge on any atom is -0.456 e. The number of ketones is 2. The van der Waals surface area contributed by atoms with Gasteiger partial charge < -0.3 is 48.7 Å². The largest absolute Gasteiger partial charge is 0.456 e. The number of fused-ring (bicyclic) bond motifs is 4. The van der Waals surface area contributed by atoms with E-state index in [2.05, 4.69) is 60.3 Å². The number of cyclic esters (lactones) is 1. The summed E-state index contributed by atoms with van der Waals surface area (Å²) in [6.45, 7) is 17.0. The second-order valence-corrected chi connectivity index (χ2v) is 20.4. The van der Waals surface area contributed by atoms with E-state index in [1.807, 2.05) is 33.8 Å². The highest BCUT2D eigenvalue weighted by Gasteiger charge is 2.56. The van der Waals surface area contributed by atoms with E-state index >= 15 is 0 Å². The van der Waals surface area contributed by atoms with Gasteiger partial charge in [-0.3, -0.25) is 14.4 Å². The first kappa shape index (κ1) is 53.4. The van der Waals surface area contributed by atoms with Crippen molar-refractivity contribution in [2.24, 2.45) is 29.6 Å². The van der Waals surface area contributed by atoms with Gasteiger partial charge in [0.15, 0.2) is 0 Å². The zero-order valence-corrected chi connectivity index (χ0v) is 42.4. The number of piperidine rings is 1. The van der Waals surface area contributed by atoms with Crippen molar-refractivity contribution in [1.82, 2.24) is 9.47 Å². The molecule has 3 fully saturated rings. The van der Waals surface area contributed by atoms with Crippen LogP contribution in [0.25, 0.3) is 10.9 Å². The summed E-state index contributed by atoms with van der Waals surface area (Å²) in [6, 6.07) is 7.53. The molecule has 2 bridgehead atoms. The summed E-state index contributed by atoms with van der Waals surface area (Å²) in [5, 5.41) is 29.0. The van der Waals surface area contributed by atoms with Crippen LogP contribution in [0.2, 0.25) is 0 Å². The van der Waals surface area contributed by atoms with Crippen LogP contribution in [-0.4, -0.2) is 125 Å². The number of nitrogens with zero attached hydrogens (tertiary/aromatic N) is 2. The number of rotatable bonds is 10. The molecule has 14 unspecified atom stereocenters. The Kier molecular flexibility index (Phi) is 18.7. The van der Waals surface area contributed by atoms with Gasteiger partial charge in [-0.2, -0.15) is 0 Å². The maximum absolute atomic E-state index is 14.6. The molecule has 0 radical (unpaired) electrons. The van der Waals surface area contributed by atoms with Gasteiger partial charge in [0, 0.05) is 80.9 Å². The number of esters is 1. The molecule has 1 aliphatic carbocycles. The van der Waals surface area contributed by atoms with Crippen LogP contribution < -0.4 is 5.32 Å². The summed E-state index contributed by atoms with van der Waals surface area (Å²) in [4.78, 5) is 58.7. The van der Waals surface area contributed by atoms with Crippen molar-refractivity contribution in [3.05, 3.63) is 53.8 Å². The van der Waals surface area contributed by atoms with E-state index in [1.165, 1.54) is 15.8 Å². The van der Waals surface area contributed by atoms with Gasteiger partial charge in [0.25, 0.3) is 11.7 Å². The van der Waals surface area contributed by atoms with Crippen molar-refractivity contribution >= 4 is 40.0 Å². The minimum absolute atomic E-state index is 0.0340. The van der Waals surface area contributed by atoms with Crippen molar-refractivity contribution in [2.75, 3.05) is 32.7 Å². The number of aliphatic hydroxyl groups is 2. The van der Waals surface area contributed by atoms with Gasteiger partial charge >= 0.3 is 5.97 Å². The lowest BCUT2D eigenvalue weighted by Gasteiger charge is -2.47. The maximum atomic E-state index is 14.6. The van der Waals surface area contributed by atoms with Crippen LogP contribution in [0.4, 0.5) is 5.69 Å². The summed E-state index contributed by atoms with van der Waals surface area (Å²) >= 11 is 0. The SMILES string of the molecule is CCOC1CC(C=C(C)C2OC(=O)C3CCCCN3C(=O)C(=O)C3(O)OC(C(OC)CC(C)CC(C)=CC(CC)C(=O)CC(O)C2C)C(OC)CC3C)CCC1Nc1ccc2c(ccn2CC)c1. The highest BCUT2D eigenvalue weighted by molar-refractivity contribution is 6.39. The van der Waals surface area contributed by atoms with Crippen molar-refractivity contribution in [1.29, 1.82) is 0 Å². The zero-order chi connectivity index (χ0) is 49.4. The molecule has 4 heterocycles. The molecule has 4 aliphatic rings. The van der Waals surface area contributed by atoms with Gasteiger partial charge in [-0.1, -0.05) is 45.4 Å². The van der Waals surface area contributed by atoms with E-state index in [9.17, 15) is 29.4 Å². The molecule has 378 valence electrons. The molecule has 2 saturated heterocycles. The smallest absolute Gasteiger partial charge is 0.329 e. The third-order valence-electron chi connectivity index (χ3n) is 15.5. The molecule has 68 heavy (non-hydrogen) atoms. The normalized spacial score (nSPS) is 35.6. The fourth-order valence-corrected chi connectivity index (χ4v) is 11.5. The van der Waals surface area contributed by atoms with Crippen molar-refractivity contribution in [2.45, 2.75) is 187 Å². The van der Waals surface area contributed by atoms with Crippen LogP contribution in [-0.2, 0) is 49.4 Å². The molecule has 14 nitrogen and oxygen atoms in total. The van der Waals surface area contributed by atoms with Crippen LogP contribution >= 0.6 is 0 Å². The third-order valence-corrected chi connectivity index (χ3v) is 15.5.